The zero-order valence-electron chi connectivity index (χ0n) is 15.0. The molecule has 0 aliphatic carbocycles. The molecule has 2 heterocycles. The molecule has 1 unspecified atom stereocenters. The van der Waals surface area contributed by atoms with Crippen LogP contribution in [-0.2, 0) is 4.74 Å². The molecule has 2 N–H and O–H groups in total. The molecule has 7 nitrogen and oxygen atoms in total. The average molecular weight is 362 g/mol. The molecule has 0 spiro atoms. The lowest BCUT2D eigenvalue weighted by Crippen LogP contribution is -2.27. The number of hydrogen-bond donors (Lipinski definition) is 2. The fourth-order valence-electron chi connectivity index (χ4n) is 2.58. The van der Waals surface area contributed by atoms with E-state index in [2.05, 4.69) is 5.73 Å². The smallest absolute Gasteiger partial charge is 0.172 e. The first-order valence-corrected chi connectivity index (χ1v) is 8.12. The van der Waals surface area contributed by atoms with E-state index >= 15 is 0 Å². The van der Waals surface area contributed by atoms with E-state index in [1.54, 1.807) is 61.5 Å². The Kier molecular flexibility index (Phi) is 6.03. The predicted octanol–water partition coefficient (Wildman–Crippen LogP) is 1.69. The first-order chi connectivity index (χ1) is 12.9. The summed E-state index contributed by atoms with van der Waals surface area (Å²) in [6.45, 7) is 3.44. The van der Waals surface area contributed by atoms with Gasteiger partial charge in [-0.05, 0) is 32.1 Å². The van der Waals surface area contributed by atoms with Gasteiger partial charge in [-0.15, -0.1) is 5.73 Å². The Morgan fingerprint density at radius 2 is 1.89 bits per heavy atom. The molecule has 0 saturated heterocycles. The second-order valence-electron chi connectivity index (χ2n) is 6.35. The molecule has 2 rings (SSSR count). The molecular weight excluding hydrogens is 344 g/mol. The third-order valence-corrected chi connectivity index (χ3v) is 3.97. The van der Waals surface area contributed by atoms with Gasteiger partial charge in [0.15, 0.2) is 11.3 Å². The third-order valence-electron chi connectivity index (χ3n) is 3.97. The molecule has 0 aromatic rings. The van der Waals surface area contributed by atoms with Crippen LogP contribution in [0.15, 0.2) is 64.4 Å². The second-order valence-corrected chi connectivity index (χ2v) is 6.35. The molecular formula is C20H18N4O3. The minimum Gasteiger partial charge on any atom is -0.480 e. The van der Waals surface area contributed by atoms with Gasteiger partial charge in [0.05, 0.1) is 19.3 Å². The lowest BCUT2D eigenvalue weighted by Gasteiger charge is -2.21. The summed E-state index contributed by atoms with van der Waals surface area (Å²) in [6, 6.07) is 5.51. The molecule has 0 saturated carbocycles. The Morgan fingerprint density at radius 3 is 2.41 bits per heavy atom. The largest absolute Gasteiger partial charge is 0.480 e. The number of nitrogens with zero attached hydrogens (tertiary/aromatic N) is 4. The monoisotopic (exact) mass is 362 g/mol. The number of hydrogen-bond acceptors (Lipinski definition) is 7. The zero-order chi connectivity index (χ0) is 20.0. The van der Waals surface area contributed by atoms with E-state index in [9.17, 15) is 10.4 Å². The SMILES string of the molecule is CC1(C)OC(=C(C#N)C#N)C(C#N)=C1C=C=C1C=CN(CC(O)CO)C=C1. The maximum Gasteiger partial charge on any atom is 0.172 e. The standard InChI is InChI=1S/C20H18N4O3/c1-20(2)18(17(11-23)19(27-20)15(9-21)10-22)4-3-14-5-7-24(8-6-14)12-16(26)13-25/h4-8,16,25-26H,12-13H2,1-2H3. The number of aliphatic hydroxyl groups excluding tert-OH is 2. The van der Waals surface area contributed by atoms with Crippen molar-refractivity contribution >= 4 is 0 Å². The Bertz CT molecular complexity index is 907. The second kappa shape index (κ2) is 8.23. The van der Waals surface area contributed by atoms with Gasteiger partial charge in [0.1, 0.15) is 29.4 Å². The lowest BCUT2D eigenvalue weighted by atomic mass is 9.95. The predicted molar refractivity (Wildman–Crippen MR) is 95.7 cm³/mol. The number of aliphatic hydroxyl groups is 2. The fourth-order valence-corrected chi connectivity index (χ4v) is 2.58. The van der Waals surface area contributed by atoms with E-state index in [0.29, 0.717) is 5.57 Å². The summed E-state index contributed by atoms with van der Waals surface area (Å²) in [5.74, 6) is -0.00977. The molecule has 136 valence electrons. The van der Waals surface area contributed by atoms with Gasteiger partial charge < -0.3 is 19.8 Å². The van der Waals surface area contributed by atoms with Crippen LogP contribution in [-0.4, -0.2) is 40.0 Å². The van der Waals surface area contributed by atoms with Crippen molar-refractivity contribution in [2.24, 2.45) is 0 Å². The van der Waals surface area contributed by atoms with Crippen molar-refractivity contribution in [2.75, 3.05) is 13.2 Å². The van der Waals surface area contributed by atoms with Crippen LogP contribution in [0.2, 0.25) is 0 Å². The van der Waals surface area contributed by atoms with Crippen LogP contribution >= 0.6 is 0 Å². The van der Waals surface area contributed by atoms with E-state index in [1.807, 2.05) is 6.07 Å². The van der Waals surface area contributed by atoms with Crippen LogP contribution < -0.4 is 0 Å². The van der Waals surface area contributed by atoms with Gasteiger partial charge in [-0.25, -0.2) is 0 Å². The Morgan fingerprint density at radius 1 is 1.26 bits per heavy atom. The number of allylic oxidation sites excluding steroid dienone is 4. The number of β-amino-alcohol motifs (C(OH)–C–C–N with tert-alkyl or cyclic N) is 1. The highest BCUT2D eigenvalue weighted by molar-refractivity contribution is 5.60. The number of ether oxygens (including phenoxy) is 1. The average Bonchev–Trinajstić information content (AvgIpc) is 2.91. The molecule has 0 aromatic heterocycles. The molecule has 7 heteroatoms. The van der Waals surface area contributed by atoms with Crippen molar-refractivity contribution in [2.45, 2.75) is 25.6 Å². The van der Waals surface area contributed by atoms with Gasteiger partial charge in [0.25, 0.3) is 0 Å². The summed E-state index contributed by atoms with van der Waals surface area (Å²) >= 11 is 0. The van der Waals surface area contributed by atoms with Crippen molar-refractivity contribution < 1.29 is 14.9 Å². The van der Waals surface area contributed by atoms with E-state index < -0.39 is 11.7 Å². The number of rotatable bonds is 4. The van der Waals surface area contributed by atoms with Gasteiger partial charge in [-0.2, -0.15) is 15.8 Å². The molecule has 2 aliphatic rings. The topological polar surface area (TPSA) is 124 Å². The van der Waals surface area contributed by atoms with E-state index in [4.69, 9.17) is 20.4 Å². The van der Waals surface area contributed by atoms with Crippen LogP contribution in [0.4, 0.5) is 0 Å². The summed E-state index contributed by atoms with van der Waals surface area (Å²) in [5.41, 5.74) is 3.33. The van der Waals surface area contributed by atoms with E-state index in [0.717, 1.165) is 5.57 Å². The molecule has 0 bridgehead atoms. The first kappa shape index (κ1) is 19.8. The zero-order valence-corrected chi connectivity index (χ0v) is 15.0. The van der Waals surface area contributed by atoms with Gasteiger partial charge >= 0.3 is 0 Å². The number of nitriles is 3. The highest BCUT2D eigenvalue weighted by Crippen LogP contribution is 2.39. The van der Waals surface area contributed by atoms with Gasteiger partial charge in [-0.3, -0.25) is 0 Å². The van der Waals surface area contributed by atoms with Crippen molar-refractivity contribution in [3.63, 3.8) is 0 Å². The highest BCUT2D eigenvalue weighted by Gasteiger charge is 2.38. The molecule has 1 atom stereocenters. The molecule has 0 radical (unpaired) electrons. The minimum absolute atomic E-state index is 0.00977. The van der Waals surface area contributed by atoms with Crippen LogP contribution in [0.1, 0.15) is 13.8 Å². The van der Waals surface area contributed by atoms with Crippen molar-refractivity contribution in [3.05, 3.63) is 64.4 Å². The molecule has 0 amide bonds. The van der Waals surface area contributed by atoms with Crippen molar-refractivity contribution in [3.8, 4) is 18.2 Å². The lowest BCUT2D eigenvalue weighted by molar-refractivity contribution is 0.0802. The maximum atomic E-state index is 9.48. The van der Waals surface area contributed by atoms with Crippen LogP contribution in [0.5, 0.6) is 0 Å². The summed E-state index contributed by atoms with van der Waals surface area (Å²) < 4.78 is 5.68. The molecule has 0 aromatic carbocycles. The Hall–Kier alpha value is -3.53. The van der Waals surface area contributed by atoms with Crippen LogP contribution in [0.25, 0.3) is 0 Å². The summed E-state index contributed by atoms with van der Waals surface area (Å²) in [7, 11) is 0. The van der Waals surface area contributed by atoms with E-state index in [1.165, 1.54) is 0 Å². The summed E-state index contributed by atoms with van der Waals surface area (Å²) in [6.07, 6.45) is 7.78. The van der Waals surface area contributed by atoms with E-state index in [-0.39, 0.29) is 30.1 Å². The van der Waals surface area contributed by atoms with Gasteiger partial charge in [0, 0.05) is 23.5 Å². The highest BCUT2D eigenvalue weighted by atomic mass is 16.5. The fraction of sp³-hybridized carbons (Fsp3) is 0.300. The third kappa shape index (κ3) is 4.36. The molecule has 0 fully saturated rings. The summed E-state index contributed by atoms with van der Waals surface area (Å²) in [4.78, 5) is 1.72. The molecule has 27 heavy (non-hydrogen) atoms. The first-order valence-electron chi connectivity index (χ1n) is 8.12. The van der Waals surface area contributed by atoms with Gasteiger partial charge in [0.2, 0.25) is 0 Å². The quantitative estimate of drug-likeness (QED) is 0.576. The van der Waals surface area contributed by atoms with Crippen molar-refractivity contribution in [1.29, 1.82) is 15.8 Å². The van der Waals surface area contributed by atoms with Crippen LogP contribution in [0.3, 0.4) is 0 Å². The van der Waals surface area contributed by atoms with Gasteiger partial charge in [-0.1, -0.05) is 0 Å². The summed E-state index contributed by atoms with van der Waals surface area (Å²) in [5, 5.41) is 46.0. The Balaban J connectivity index is 2.38. The van der Waals surface area contributed by atoms with Crippen molar-refractivity contribution in [1.82, 2.24) is 4.90 Å². The normalized spacial score (nSPS) is 18.2. The van der Waals surface area contributed by atoms with Crippen LogP contribution in [0, 0.1) is 34.0 Å². The minimum atomic E-state index is -0.883. The maximum absolute atomic E-state index is 9.48. The molecule has 2 aliphatic heterocycles. The Labute approximate surface area is 157 Å².